The summed E-state index contributed by atoms with van der Waals surface area (Å²) < 4.78 is 0. The molecule has 0 aliphatic heterocycles. The number of hydrogen-bond acceptors (Lipinski definition) is 0. The van der Waals surface area contributed by atoms with Crippen LogP contribution >= 0.6 is 0 Å². The largest absolute Gasteiger partial charge is 0.748 e. The predicted octanol–water partition coefficient (Wildman–Crippen LogP) is 7.15. The monoisotopic (exact) mass is 390 g/mol. The molecule has 0 heterocycles. The Hall–Kier alpha value is -2.86. The van der Waals surface area contributed by atoms with Gasteiger partial charge in [0.2, 0.25) is 0 Å². The molecule has 0 aromatic heterocycles. The fourth-order valence-corrected chi connectivity index (χ4v) is 2.57. The molecule has 4 aromatic rings. The van der Waals surface area contributed by atoms with E-state index in [1.165, 1.54) is 22.3 Å². The Morgan fingerprint density at radius 3 is 1.63 bits per heavy atom. The Bertz CT molecular complexity index is 830. The van der Waals surface area contributed by atoms with Crippen molar-refractivity contribution in [3.63, 3.8) is 0 Å². The first-order valence-electron chi connectivity index (χ1n) is 8.80. The minimum atomic E-state index is 0. The van der Waals surface area contributed by atoms with E-state index in [1.54, 1.807) is 0 Å². The summed E-state index contributed by atoms with van der Waals surface area (Å²) in [6, 6.07) is 37.1. The molecule has 0 amide bonds. The van der Waals surface area contributed by atoms with Crippen LogP contribution in [-0.4, -0.2) is 0 Å². The van der Waals surface area contributed by atoms with E-state index < -0.39 is 0 Å². The molecule has 0 radical (unpaired) electrons. The van der Waals surface area contributed by atoms with Gasteiger partial charge < -0.3 is 30.3 Å². The first-order chi connectivity index (χ1) is 12.9. The normalized spacial score (nSPS) is 10.4. The van der Waals surface area contributed by atoms with E-state index >= 15 is 0 Å². The molecule has 0 saturated carbocycles. The van der Waals surface area contributed by atoms with Crippen molar-refractivity contribution in [2.45, 2.75) is 0 Å². The van der Waals surface area contributed by atoms with Crippen LogP contribution in [0.3, 0.4) is 0 Å². The fraction of sp³-hybridized carbons (Fsp3) is 0. The Kier molecular flexibility index (Phi) is 8.86. The van der Waals surface area contributed by atoms with Gasteiger partial charge >= 0.3 is 0 Å². The summed E-state index contributed by atoms with van der Waals surface area (Å²) in [4.78, 5) is 0. The van der Waals surface area contributed by atoms with Crippen molar-refractivity contribution < 1.29 is 17.1 Å². The van der Waals surface area contributed by atoms with Gasteiger partial charge in [0, 0.05) is 17.1 Å². The van der Waals surface area contributed by atoms with Crippen molar-refractivity contribution in [1.82, 2.24) is 0 Å². The Morgan fingerprint density at radius 2 is 1.07 bits per heavy atom. The average molecular weight is 390 g/mol. The predicted molar refractivity (Wildman–Crippen MR) is 115 cm³/mol. The molecule has 0 saturated heterocycles. The molecule has 0 aliphatic carbocycles. The number of benzene rings is 2. The van der Waals surface area contributed by atoms with Crippen LogP contribution in [-0.2, 0) is 17.1 Å². The summed E-state index contributed by atoms with van der Waals surface area (Å²) in [5.41, 5.74) is 4.92. The smallest absolute Gasteiger partial charge is 0 e. The van der Waals surface area contributed by atoms with Crippen molar-refractivity contribution in [3.8, 4) is 0 Å². The molecular weight excluding hydrogens is 368 g/mol. The van der Waals surface area contributed by atoms with Crippen LogP contribution in [0.15, 0.2) is 109 Å². The van der Waals surface area contributed by atoms with Crippen LogP contribution in [0.2, 0.25) is 0 Å². The molecular formula is C26H22Fe-6. The van der Waals surface area contributed by atoms with Crippen LogP contribution in [0.25, 0.3) is 24.3 Å². The molecule has 4 rings (SSSR count). The maximum Gasteiger partial charge on any atom is 0 e. The molecule has 0 spiro atoms. The van der Waals surface area contributed by atoms with Gasteiger partial charge in [-0.2, -0.15) is 12.1 Å². The van der Waals surface area contributed by atoms with Gasteiger partial charge in [-0.15, -0.1) is 29.9 Å². The molecule has 0 nitrogen and oxygen atoms in total. The maximum atomic E-state index is 2.17. The quantitative estimate of drug-likeness (QED) is 0.256. The van der Waals surface area contributed by atoms with Crippen molar-refractivity contribution in [2.75, 3.05) is 0 Å². The van der Waals surface area contributed by atoms with Crippen LogP contribution < -0.4 is 0 Å². The third-order valence-electron chi connectivity index (χ3n) is 3.95. The molecule has 4 aromatic carbocycles. The first-order valence-corrected chi connectivity index (χ1v) is 8.80. The van der Waals surface area contributed by atoms with E-state index in [-0.39, 0.29) is 17.1 Å². The topological polar surface area (TPSA) is 0 Å². The van der Waals surface area contributed by atoms with Gasteiger partial charge in [0.05, 0.1) is 0 Å². The van der Waals surface area contributed by atoms with Gasteiger partial charge in [-0.05, 0) is 5.56 Å². The van der Waals surface area contributed by atoms with E-state index in [0.29, 0.717) is 0 Å². The van der Waals surface area contributed by atoms with Gasteiger partial charge in [-0.1, -0.05) is 77.9 Å². The van der Waals surface area contributed by atoms with Gasteiger partial charge in [-0.3, -0.25) is 0 Å². The minimum absolute atomic E-state index is 0. The third-order valence-corrected chi connectivity index (χ3v) is 3.95. The van der Waals surface area contributed by atoms with Gasteiger partial charge in [-0.25, -0.2) is 0 Å². The molecule has 0 unspecified atom stereocenters. The average Bonchev–Trinajstić information content (AvgIpc) is 3.41. The van der Waals surface area contributed by atoms with Crippen LogP contribution in [0.4, 0.5) is 0 Å². The van der Waals surface area contributed by atoms with Crippen LogP contribution in [0.1, 0.15) is 22.3 Å². The minimum Gasteiger partial charge on any atom is -0.748 e. The third kappa shape index (κ3) is 7.11. The molecule has 0 bridgehead atoms. The molecule has 140 valence electrons. The van der Waals surface area contributed by atoms with Gasteiger partial charge in [0.1, 0.15) is 0 Å². The molecule has 0 aliphatic rings. The van der Waals surface area contributed by atoms with Crippen molar-refractivity contribution in [2.24, 2.45) is 0 Å². The zero-order chi connectivity index (χ0) is 17.9. The van der Waals surface area contributed by atoms with Crippen LogP contribution in [0, 0.1) is 0 Å². The summed E-state index contributed by atoms with van der Waals surface area (Å²) >= 11 is 0. The Labute approximate surface area is 172 Å². The molecule has 0 atom stereocenters. The first kappa shape index (κ1) is 20.5. The van der Waals surface area contributed by atoms with Gasteiger partial charge in [0.25, 0.3) is 0 Å². The Morgan fingerprint density at radius 1 is 0.556 bits per heavy atom. The zero-order valence-corrected chi connectivity index (χ0v) is 16.2. The van der Waals surface area contributed by atoms with E-state index in [4.69, 9.17) is 0 Å². The SMILES string of the molecule is C(=Cc1ccc[c-]1C=Cc1ccccc1)c1ccccc1.[Fe].[cH-]1[cH-][cH-][cH-][cH-]1. The van der Waals surface area contributed by atoms with E-state index in [2.05, 4.69) is 91.0 Å². The van der Waals surface area contributed by atoms with E-state index in [0.717, 1.165) is 0 Å². The maximum absolute atomic E-state index is 2.17. The van der Waals surface area contributed by atoms with Crippen molar-refractivity contribution in [1.29, 1.82) is 0 Å². The molecule has 0 N–H and O–H groups in total. The van der Waals surface area contributed by atoms with Crippen LogP contribution in [0.5, 0.6) is 0 Å². The zero-order valence-electron chi connectivity index (χ0n) is 15.1. The summed E-state index contributed by atoms with van der Waals surface area (Å²) in [6.07, 6.45) is 8.63. The second-order valence-electron chi connectivity index (χ2n) is 5.89. The molecule has 1 heteroatoms. The second-order valence-corrected chi connectivity index (χ2v) is 5.89. The fourth-order valence-electron chi connectivity index (χ4n) is 2.57. The van der Waals surface area contributed by atoms with Gasteiger partial charge in [0.15, 0.2) is 0 Å². The summed E-state index contributed by atoms with van der Waals surface area (Å²) in [7, 11) is 0. The Balaban J connectivity index is 0.000000379. The number of rotatable bonds is 4. The standard InChI is InChI=1S/C21H17.C5H5.Fe/c1-3-8-18(9-4-1)14-16-20-12-7-13-21(20)17-15-19-10-5-2-6-11-19;1-2-4-5-3-1;/h1-17H;1-5H;/q-1;-5;. The second kappa shape index (κ2) is 11.7. The molecule has 27 heavy (non-hydrogen) atoms. The number of hydrogen-bond donors (Lipinski definition) is 0. The van der Waals surface area contributed by atoms with Crippen molar-refractivity contribution >= 4 is 24.3 Å². The van der Waals surface area contributed by atoms with Crippen molar-refractivity contribution in [3.05, 3.63) is 131 Å². The van der Waals surface area contributed by atoms with E-state index in [9.17, 15) is 0 Å². The summed E-state index contributed by atoms with van der Waals surface area (Å²) in [5.74, 6) is 0. The summed E-state index contributed by atoms with van der Waals surface area (Å²) in [6.45, 7) is 0. The summed E-state index contributed by atoms with van der Waals surface area (Å²) in [5, 5.41) is 0. The molecule has 0 fully saturated rings. The van der Waals surface area contributed by atoms with E-state index in [1.807, 2.05) is 42.5 Å².